The summed E-state index contributed by atoms with van der Waals surface area (Å²) < 4.78 is 23.5. The molecule has 0 unspecified atom stereocenters. The lowest BCUT2D eigenvalue weighted by atomic mass is 10.4. The second-order valence-corrected chi connectivity index (χ2v) is 4.97. The number of hydrogen-bond donors (Lipinski definition) is 0. The number of carbonyl (C=O) groups is 1. The normalized spacial score (nSPS) is 18.8. The zero-order chi connectivity index (χ0) is 9.19. The summed E-state index contributed by atoms with van der Waals surface area (Å²) in [5, 5.41) is 0. The zero-order valence-electron chi connectivity index (χ0n) is 6.49. The SMILES string of the molecule is O=C1CCCN1S(=O)(=O)CCCl. The minimum Gasteiger partial charge on any atom is -0.274 e. The molecule has 0 atom stereocenters. The maximum atomic E-state index is 11.3. The summed E-state index contributed by atoms with van der Waals surface area (Å²) >= 11 is 5.30. The van der Waals surface area contributed by atoms with Crippen LogP contribution < -0.4 is 0 Å². The first kappa shape index (κ1) is 9.80. The Kier molecular flexibility index (Phi) is 2.95. The van der Waals surface area contributed by atoms with Crippen LogP contribution in [0.25, 0.3) is 0 Å². The Balaban J connectivity index is 2.74. The molecule has 70 valence electrons. The molecular weight excluding hydrogens is 202 g/mol. The van der Waals surface area contributed by atoms with E-state index in [9.17, 15) is 13.2 Å². The Labute approximate surface area is 76.5 Å². The van der Waals surface area contributed by atoms with Crippen LogP contribution in [0.2, 0.25) is 0 Å². The van der Waals surface area contributed by atoms with Crippen LogP contribution in [0.5, 0.6) is 0 Å². The molecule has 1 fully saturated rings. The molecule has 0 saturated carbocycles. The summed E-state index contributed by atoms with van der Waals surface area (Å²) in [6, 6.07) is 0. The van der Waals surface area contributed by atoms with Crippen molar-refractivity contribution in [3.8, 4) is 0 Å². The smallest absolute Gasteiger partial charge is 0.238 e. The van der Waals surface area contributed by atoms with Crippen molar-refractivity contribution < 1.29 is 13.2 Å². The van der Waals surface area contributed by atoms with Gasteiger partial charge >= 0.3 is 0 Å². The fourth-order valence-electron chi connectivity index (χ4n) is 1.13. The summed E-state index contributed by atoms with van der Waals surface area (Å²) in [7, 11) is -3.41. The molecule has 0 aromatic rings. The van der Waals surface area contributed by atoms with Crippen molar-refractivity contribution in [3.63, 3.8) is 0 Å². The highest BCUT2D eigenvalue weighted by atomic mass is 35.5. The molecule has 0 radical (unpaired) electrons. The Morgan fingerprint density at radius 2 is 2.17 bits per heavy atom. The average molecular weight is 212 g/mol. The van der Waals surface area contributed by atoms with Crippen LogP contribution in [-0.4, -0.2) is 36.8 Å². The van der Waals surface area contributed by atoms with E-state index in [0.29, 0.717) is 19.4 Å². The summed E-state index contributed by atoms with van der Waals surface area (Å²) in [5.41, 5.74) is 0. The van der Waals surface area contributed by atoms with E-state index in [2.05, 4.69) is 0 Å². The molecule has 1 heterocycles. The number of carbonyl (C=O) groups excluding carboxylic acids is 1. The number of sulfonamides is 1. The van der Waals surface area contributed by atoms with Gasteiger partial charge in [0.05, 0.1) is 5.75 Å². The van der Waals surface area contributed by atoms with Gasteiger partial charge in [-0.1, -0.05) is 0 Å². The first-order valence-corrected chi connectivity index (χ1v) is 5.81. The van der Waals surface area contributed by atoms with Gasteiger partial charge in [0.2, 0.25) is 15.9 Å². The van der Waals surface area contributed by atoms with Gasteiger partial charge in [-0.15, -0.1) is 11.6 Å². The molecule has 0 spiro atoms. The first-order chi connectivity index (χ1) is 5.58. The number of rotatable bonds is 3. The van der Waals surface area contributed by atoms with E-state index in [4.69, 9.17) is 11.6 Å². The van der Waals surface area contributed by atoms with Crippen LogP contribution in [0.4, 0.5) is 0 Å². The molecule has 1 aliphatic rings. The average Bonchev–Trinajstić information content (AvgIpc) is 2.35. The molecule has 1 aliphatic heterocycles. The topological polar surface area (TPSA) is 54.5 Å². The van der Waals surface area contributed by atoms with Crippen LogP contribution in [0.1, 0.15) is 12.8 Å². The monoisotopic (exact) mass is 211 g/mol. The summed E-state index contributed by atoms with van der Waals surface area (Å²) in [4.78, 5) is 11.0. The van der Waals surface area contributed by atoms with Crippen molar-refractivity contribution in [2.24, 2.45) is 0 Å². The lowest BCUT2D eigenvalue weighted by Gasteiger charge is -2.14. The molecule has 0 bridgehead atoms. The van der Waals surface area contributed by atoms with Gasteiger partial charge in [-0.05, 0) is 6.42 Å². The molecule has 0 aromatic carbocycles. The molecular formula is C6H10ClNO3S. The summed E-state index contributed by atoms with van der Waals surface area (Å²) in [6.07, 6.45) is 0.960. The van der Waals surface area contributed by atoms with Crippen LogP contribution in [0.3, 0.4) is 0 Å². The van der Waals surface area contributed by atoms with E-state index in [1.54, 1.807) is 0 Å². The van der Waals surface area contributed by atoms with Crippen molar-refractivity contribution in [3.05, 3.63) is 0 Å². The minimum atomic E-state index is -3.41. The molecule has 0 aromatic heterocycles. The number of halogens is 1. The largest absolute Gasteiger partial charge is 0.274 e. The van der Waals surface area contributed by atoms with E-state index >= 15 is 0 Å². The van der Waals surface area contributed by atoms with Crippen molar-refractivity contribution in [2.75, 3.05) is 18.2 Å². The lowest BCUT2D eigenvalue weighted by Crippen LogP contribution is -2.34. The van der Waals surface area contributed by atoms with Gasteiger partial charge in [-0.2, -0.15) is 0 Å². The Morgan fingerprint density at radius 3 is 2.58 bits per heavy atom. The van der Waals surface area contributed by atoms with Gasteiger partial charge < -0.3 is 0 Å². The van der Waals surface area contributed by atoms with E-state index in [1.165, 1.54) is 0 Å². The second-order valence-electron chi connectivity index (χ2n) is 2.57. The first-order valence-electron chi connectivity index (χ1n) is 3.67. The highest BCUT2D eigenvalue weighted by Crippen LogP contribution is 2.14. The maximum Gasteiger partial charge on any atom is 0.238 e. The van der Waals surface area contributed by atoms with Gasteiger partial charge in [0.15, 0.2) is 0 Å². The van der Waals surface area contributed by atoms with Gasteiger partial charge in [0, 0.05) is 18.8 Å². The Bertz CT molecular complexity index is 275. The maximum absolute atomic E-state index is 11.3. The fraction of sp³-hybridized carbons (Fsp3) is 0.833. The van der Waals surface area contributed by atoms with Crippen molar-refractivity contribution in [2.45, 2.75) is 12.8 Å². The third kappa shape index (κ3) is 1.90. The highest BCUT2D eigenvalue weighted by molar-refractivity contribution is 7.89. The minimum absolute atomic E-state index is 0.0338. The van der Waals surface area contributed by atoms with Crippen molar-refractivity contribution in [1.29, 1.82) is 0 Å². The van der Waals surface area contributed by atoms with Gasteiger partial charge in [0.1, 0.15) is 0 Å². The van der Waals surface area contributed by atoms with E-state index in [-0.39, 0.29) is 17.5 Å². The van der Waals surface area contributed by atoms with Crippen LogP contribution in [-0.2, 0) is 14.8 Å². The highest BCUT2D eigenvalue weighted by Gasteiger charge is 2.30. The van der Waals surface area contributed by atoms with E-state index in [0.717, 1.165) is 4.31 Å². The zero-order valence-corrected chi connectivity index (χ0v) is 8.07. The van der Waals surface area contributed by atoms with Gasteiger partial charge in [0.25, 0.3) is 0 Å². The number of amides is 1. The molecule has 0 aliphatic carbocycles. The van der Waals surface area contributed by atoms with Crippen molar-refractivity contribution >= 4 is 27.5 Å². The van der Waals surface area contributed by atoms with Crippen LogP contribution >= 0.6 is 11.6 Å². The molecule has 1 saturated heterocycles. The molecule has 1 rings (SSSR count). The number of hydrogen-bond acceptors (Lipinski definition) is 3. The quantitative estimate of drug-likeness (QED) is 0.626. The predicted molar refractivity (Wildman–Crippen MR) is 45.5 cm³/mol. The third-order valence-electron chi connectivity index (χ3n) is 1.70. The third-order valence-corrected chi connectivity index (χ3v) is 3.89. The molecule has 0 N–H and O–H groups in total. The van der Waals surface area contributed by atoms with E-state index in [1.807, 2.05) is 0 Å². The second kappa shape index (κ2) is 3.62. The standard InChI is InChI=1S/C6H10ClNO3S/c7-3-5-12(10,11)8-4-1-2-6(8)9/h1-5H2. The molecule has 6 heteroatoms. The molecule has 4 nitrogen and oxygen atoms in total. The molecule has 12 heavy (non-hydrogen) atoms. The number of nitrogens with zero attached hydrogens (tertiary/aromatic N) is 1. The summed E-state index contributed by atoms with van der Waals surface area (Å²) in [5.74, 6) is -0.424. The summed E-state index contributed by atoms with van der Waals surface area (Å²) in [6.45, 7) is 0.318. The number of alkyl halides is 1. The molecule has 1 amide bonds. The van der Waals surface area contributed by atoms with E-state index < -0.39 is 10.0 Å². The Morgan fingerprint density at radius 1 is 1.50 bits per heavy atom. The lowest BCUT2D eigenvalue weighted by molar-refractivity contribution is -0.123. The van der Waals surface area contributed by atoms with Gasteiger partial charge in [-0.25, -0.2) is 12.7 Å². The predicted octanol–water partition coefficient (Wildman–Crippen LogP) is 0.177. The van der Waals surface area contributed by atoms with Crippen LogP contribution in [0.15, 0.2) is 0 Å². The van der Waals surface area contributed by atoms with Crippen LogP contribution in [0, 0.1) is 0 Å². The van der Waals surface area contributed by atoms with Crippen molar-refractivity contribution in [1.82, 2.24) is 4.31 Å². The van der Waals surface area contributed by atoms with Gasteiger partial charge in [-0.3, -0.25) is 4.79 Å². The Hall–Kier alpha value is -0.290. The fourth-order valence-corrected chi connectivity index (χ4v) is 2.93.